The van der Waals surface area contributed by atoms with E-state index in [1.807, 2.05) is 0 Å². The molecule has 1 rings (SSSR count). The van der Waals surface area contributed by atoms with Crippen molar-refractivity contribution >= 4 is 12.1 Å². The molecule has 0 spiro atoms. The number of phenolic OH excluding ortho intramolecular Hbond substituents is 1. The number of aliphatic hydroxyl groups excluding tert-OH is 1. The number of carbonyl (C=O) groups excluding carboxylic acids is 1. The predicted molar refractivity (Wildman–Crippen MR) is 73.9 cm³/mol. The monoisotopic (exact) mass is 297 g/mol. The third kappa shape index (κ3) is 4.96. The zero-order valence-electron chi connectivity index (χ0n) is 12.0. The van der Waals surface area contributed by atoms with Crippen LogP contribution in [-0.4, -0.2) is 39.1 Å². The summed E-state index contributed by atoms with van der Waals surface area (Å²) >= 11 is 0. The highest BCUT2D eigenvalue weighted by molar-refractivity contribution is 5.76. The Kier molecular flexibility index (Phi) is 5.15. The molecule has 0 unspecified atom stereocenters. The average molecular weight is 297 g/mol. The van der Waals surface area contributed by atoms with E-state index in [9.17, 15) is 19.8 Å². The Bertz CT molecular complexity index is 522. The van der Waals surface area contributed by atoms with Crippen molar-refractivity contribution in [2.24, 2.45) is 0 Å². The Balaban J connectivity index is 3.02. The van der Waals surface area contributed by atoms with Crippen LogP contribution in [0.3, 0.4) is 0 Å². The molecule has 0 radical (unpaired) electrons. The van der Waals surface area contributed by atoms with Gasteiger partial charge in [0.15, 0.2) is 6.10 Å². The third-order valence-electron chi connectivity index (χ3n) is 2.51. The van der Waals surface area contributed by atoms with Crippen molar-refractivity contribution < 1.29 is 29.6 Å². The van der Waals surface area contributed by atoms with E-state index in [0.717, 1.165) is 0 Å². The number of benzene rings is 1. The quantitative estimate of drug-likeness (QED) is 0.667. The highest BCUT2D eigenvalue weighted by atomic mass is 16.6. The highest BCUT2D eigenvalue weighted by Crippen LogP contribution is 2.26. The number of aromatic hydroxyl groups is 1. The summed E-state index contributed by atoms with van der Waals surface area (Å²) in [6, 6.07) is 4.49. The predicted octanol–water partition coefficient (Wildman–Crippen LogP) is 1.40. The smallest absolute Gasteiger partial charge is 0.408 e. The van der Waals surface area contributed by atoms with E-state index >= 15 is 0 Å². The fourth-order valence-corrected chi connectivity index (χ4v) is 1.65. The number of nitrogens with one attached hydrogen (secondary N) is 1. The summed E-state index contributed by atoms with van der Waals surface area (Å²) in [6.07, 6.45) is -2.82. The van der Waals surface area contributed by atoms with Crippen LogP contribution < -0.4 is 5.32 Å². The number of para-hydroxylation sites is 1. The molecule has 0 bridgehead atoms. The van der Waals surface area contributed by atoms with Gasteiger partial charge in [-0.1, -0.05) is 18.2 Å². The van der Waals surface area contributed by atoms with Crippen molar-refractivity contribution in [3.05, 3.63) is 29.8 Å². The second kappa shape index (κ2) is 6.45. The molecule has 0 aliphatic rings. The van der Waals surface area contributed by atoms with Crippen LogP contribution in [0.5, 0.6) is 5.75 Å². The van der Waals surface area contributed by atoms with Crippen LogP contribution in [0.4, 0.5) is 4.79 Å². The topological polar surface area (TPSA) is 116 Å². The number of aliphatic carboxylic acids is 1. The lowest BCUT2D eigenvalue weighted by atomic mass is 10.0. The SMILES string of the molecule is CC(C)(C)OC(=O)N[C@@H](c1ccccc1O)[C@H](O)C(=O)O. The first-order valence-corrected chi connectivity index (χ1v) is 6.30. The number of rotatable bonds is 4. The summed E-state index contributed by atoms with van der Waals surface area (Å²) in [5.74, 6) is -1.77. The van der Waals surface area contributed by atoms with Crippen LogP contribution >= 0.6 is 0 Å². The van der Waals surface area contributed by atoms with Gasteiger partial charge in [0, 0.05) is 5.56 Å². The molecule has 116 valence electrons. The summed E-state index contributed by atoms with van der Waals surface area (Å²) in [7, 11) is 0. The molecule has 4 N–H and O–H groups in total. The van der Waals surface area contributed by atoms with Gasteiger partial charge in [0.1, 0.15) is 11.4 Å². The molecule has 0 saturated carbocycles. The summed E-state index contributed by atoms with van der Waals surface area (Å²) in [5, 5.41) is 30.7. The summed E-state index contributed by atoms with van der Waals surface area (Å²) in [5.41, 5.74) is -0.695. The first-order valence-electron chi connectivity index (χ1n) is 6.30. The number of carboxylic acids is 1. The van der Waals surface area contributed by atoms with Gasteiger partial charge in [0.25, 0.3) is 0 Å². The molecule has 7 nitrogen and oxygen atoms in total. The van der Waals surface area contributed by atoms with E-state index in [2.05, 4.69) is 5.32 Å². The molecule has 1 aromatic carbocycles. The van der Waals surface area contributed by atoms with E-state index in [-0.39, 0.29) is 11.3 Å². The number of hydrogen-bond acceptors (Lipinski definition) is 5. The van der Waals surface area contributed by atoms with Gasteiger partial charge in [-0.05, 0) is 26.8 Å². The van der Waals surface area contributed by atoms with Gasteiger partial charge < -0.3 is 25.4 Å². The van der Waals surface area contributed by atoms with Crippen molar-refractivity contribution in [2.75, 3.05) is 0 Å². The maximum atomic E-state index is 11.8. The fourth-order valence-electron chi connectivity index (χ4n) is 1.65. The average Bonchev–Trinajstić information content (AvgIpc) is 2.34. The first-order chi connectivity index (χ1) is 9.61. The van der Waals surface area contributed by atoms with Crippen molar-refractivity contribution in [1.82, 2.24) is 5.32 Å². The normalized spacial score (nSPS) is 14.1. The molecule has 1 amide bonds. The molecule has 1 aromatic rings. The molecule has 0 fully saturated rings. The second-order valence-electron chi connectivity index (χ2n) is 5.47. The zero-order valence-corrected chi connectivity index (χ0v) is 12.0. The number of ether oxygens (including phenoxy) is 1. The highest BCUT2D eigenvalue weighted by Gasteiger charge is 2.32. The number of phenols is 1. The Hall–Kier alpha value is -2.28. The van der Waals surface area contributed by atoms with Gasteiger partial charge >= 0.3 is 12.1 Å². The van der Waals surface area contributed by atoms with Crippen LogP contribution in [0.1, 0.15) is 32.4 Å². The minimum Gasteiger partial charge on any atom is -0.508 e. The first kappa shape index (κ1) is 16.8. The Morgan fingerprint density at radius 3 is 2.29 bits per heavy atom. The van der Waals surface area contributed by atoms with Gasteiger partial charge in [-0.25, -0.2) is 9.59 Å². The lowest BCUT2D eigenvalue weighted by Gasteiger charge is -2.25. The molecular weight excluding hydrogens is 278 g/mol. The summed E-state index contributed by atoms with van der Waals surface area (Å²) < 4.78 is 5.02. The lowest BCUT2D eigenvalue weighted by Crippen LogP contribution is -2.42. The van der Waals surface area contributed by atoms with E-state index in [1.54, 1.807) is 26.8 Å². The van der Waals surface area contributed by atoms with Crippen LogP contribution in [-0.2, 0) is 9.53 Å². The Labute approximate surface area is 122 Å². The van der Waals surface area contributed by atoms with Gasteiger partial charge in [-0.15, -0.1) is 0 Å². The van der Waals surface area contributed by atoms with Gasteiger partial charge in [0.2, 0.25) is 0 Å². The minimum absolute atomic E-state index is 0.0817. The second-order valence-corrected chi connectivity index (χ2v) is 5.47. The van der Waals surface area contributed by atoms with Crippen molar-refractivity contribution in [2.45, 2.75) is 38.5 Å². The standard InChI is InChI=1S/C14H19NO6/c1-14(2,3)21-13(20)15-10(11(17)12(18)19)8-6-4-5-7-9(8)16/h4-7,10-11,16-17H,1-3H3,(H,15,20)(H,18,19)/t10-,11-/m0/s1. The molecule has 0 aliphatic heterocycles. The molecule has 7 heteroatoms. The third-order valence-corrected chi connectivity index (χ3v) is 2.51. The molecule has 0 saturated heterocycles. The number of carbonyl (C=O) groups is 2. The maximum Gasteiger partial charge on any atom is 0.408 e. The number of amides is 1. The minimum atomic E-state index is -1.93. The molecular formula is C14H19NO6. The van der Waals surface area contributed by atoms with Crippen LogP contribution in [0.15, 0.2) is 24.3 Å². The summed E-state index contributed by atoms with van der Waals surface area (Å²) in [4.78, 5) is 22.7. The van der Waals surface area contributed by atoms with E-state index in [4.69, 9.17) is 9.84 Å². The van der Waals surface area contributed by atoms with Crippen molar-refractivity contribution in [3.63, 3.8) is 0 Å². The number of carboxylic acid groups (broad SMARTS) is 1. The molecule has 0 aromatic heterocycles. The Morgan fingerprint density at radius 2 is 1.81 bits per heavy atom. The van der Waals surface area contributed by atoms with Crippen LogP contribution in [0.25, 0.3) is 0 Å². The van der Waals surface area contributed by atoms with Crippen molar-refractivity contribution in [1.29, 1.82) is 0 Å². The number of aliphatic hydroxyl groups is 1. The zero-order chi connectivity index (χ0) is 16.2. The van der Waals surface area contributed by atoms with E-state index in [1.165, 1.54) is 18.2 Å². The maximum absolute atomic E-state index is 11.8. The number of hydrogen-bond donors (Lipinski definition) is 4. The molecule has 0 aliphatic carbocycles. The van der Waals surface area contributed by atoms with Gasteiger partial charge in [0.05, 0.1) is 6.04 Å². The fraction of sp³-hybridized carbons (Fsp3) is 0.429. The van der Waals surface area contributed by atoms with Crippen molar-refractivity contribution in [3.8, 4) is 5.75 Å². The largest absolute Gasteiger partial charge is 0.508 e. The summed E-state index contributed by atoms with van der Waals surface area (Å²) in [6.45, 7) is 4.94. The van der Waals surface area contributed by atoms with Gasteiger partial charge in [-0.2, -0.15) is 0 Å². The molecule has 0 heterocycles. The molecule has 2 atom stereocenters. The molecule has 21 heavy (non-hydrogen) atoms. The van der Waals surface area contributed by atoms with Gasteiger partial charge in [-0.3, -0.25) is 0 Å². The van der Waals surface area contributed by atoms with E-state index in [0.29, 0.717) is 0 Å². The number of alkyl carbamates (subject to hydrolysis) is 1. The van der Waals surface area contributed by atoms with Crippen LogP contribution in [0.2, 0.25) is 0 Å². The lowest BCUT2D eigenvalue weighted by molar-refractivity contribution is -0.148. The Morgan fingerprint density at radius 1 is 1.24 bits per heavy atom. The van der Waals surface area contributed by atoms with E-state index < -0.39 is 29.8 Å². The van der Waals surface area contributed by atoms with Crippen LogP contribution in [0, 0.1) is 0 Å².